The summed E-state index contributed by atoms with van der Waals surface area (Å²) in [6.45, 7) is 6.65. The number of hydrogen-bond donors (Lipinski definition) is 1. The van der Waals surface area contributed by atoms with Gasteiger partial charge in [-0.1, -0.05) is 57.2 Å². The molecule has 1 saturated heterocycles. The van der Waals surface area contributed by atoms with E-state index in [1.165, 1.54) is 4.31 Å². The molecule has 0 aliphatic carbocycles. The first-order chi connectivity index (χ1) is 14.6. The number of carbonyl (C=O) groups excluding carboxylic acids is 2. The molecule has 0 atom stereocenters. The maximum absolute atomic E-state index is 12.9. The molecule has 2 aromatic carbocycles. The molecule has 0 spiro atoms. The number of amides is 2. The molecule has 8 heteroatoms. The van der Waals surface area contributed by atoms with Crippen molar-refractivity contribution in [2.75, 3.05) is 31.5 Å². The van der Waals surface area contributed by atoms with Crippen molar-refractivity contribution in [2.45, 2.75) is 26.5 Å². The van der Waals surface area contributed by atoms with Gasteiger partial charge in [0.2, 0.25) is 15.9 Å². The lowest BCUT2D eigenvalue weighted by Crippen LogP contribution is -2.50. The molecular formula is C23H29N3O4S. The van der Waals surface area contributed by atoms with Gasteiger partial charge in [-0.25, -0.2) is 8.42 Å². The minimum absolute atomic E-state index is 0.0443. The largest absolute Gasteiger partial charge is 0.336 e. The summed E-state index contributed by atoms with van der Waals surface area (Å²) in [7, 11) is -3.44. The summed E-state index contributed by atoms with van der Waals surface area (Å²) < 4.78 is 26.9. The van der Waals surface area contributed by atoms with Gasteiger partial charge in [0, 0.05) is 42.8 Å². The van der Waals surface area contributed by atoms with Gasteiger partial charge in [0.25, 0.3) is 5.91 Å². The molecule has 0 unspecified atom stereocenters. The molecule has 0 bridgehead atoms. The van der Waals surface area contributed by atoms with E-state index in [1.54, 1.807) is 41.3 Å². The number of piperazine rings is 1. The van der Waals surface area contributed by atoms with Crippen molar-refractivity contribution in [1.82, 2.24) is 9.21 Å². The molecule has 1 aliphatic rings. The number of nitrogens with one attached hydrogen (secondary N) is 1. The molecule has 1 fully saturated rings. The number of benzene rings is 2. The summed E-state index contributed by atoms with van der Waals surface area (Å²) in [6.07, 6.45) is 0. The van der Waals surface area contributed by atoms with Crippen LogP contribution in [-0.4, -0.2) is 55.6 Å². The Morgan fingerprint density at radius 3 is 2.19 bits per heavy atom. The van der Waals surface area contributed by atoms with Crippen molar-refractivity contribution in [2.24, 2.45) is 5.41 Å². The minimum Gasteiger partial charge on any atom is -0.336 e. The normalized spacial score (nSPS) is 15.5. The van der Waals surface area contributed by atoms with Crippen LogP contribution in [0.3, 0.4) is 0 Å². The Morgan fingerprint density at radius 1 is 0.935 bits per heavy atom. The van der Waals surface area contributed by atoms with Gasteiger partial charge >= 0.3 is 0 Å². The van der Waals surface area contributed by atoms with E-state index in [0.29, 0.717) is 24.3 Å². The van der Waals surface area contributed by atoms with Crippen LogP contribution in [-0.2, 0) is 20.6 Å². The molecule has 1 aliphatic heterocycles. The highest BCUT2D eigenvalue weighted by Gasteiger charge is 2.29. The highest BCUT2D eigenvalue weighted by Crippen LogP contribution is 2.20. The molecule has 0 radical (unpaired) electrons. The zero-order valence-corrected chi connectivity index (χ0v) is 19.0. The molecule has 3 rings (SSSR count). The predicted octanol–water partition coefficient (Wildman–Crippen LogP) is 2.96. The van der Waals surface area contributed by atoms with E-state index in [2.05, 4.69) is 5.32 Å². The Kier molecular flexibility index (Phi) is 6.81. The van der Waals surface area contributed by atoms with Crippen molar-refractivity contribution in [3.8, 4) is 0 Å². The second kappa shape index (κ2) is 9.20. The minimum atomic E-state index is -3.44. The highest BCUT2D eigenvalue weighted by atomic mass is 32.2. The topological polar surface area (TPSA) is 86.8 Å². The first kappa shape index (κ1) is 23.0. The summed E-state index contributed by atoms with van der Waals surface area (Å²) in [5.74, 6) is -0.349. The number of anilines is 1. The molecule has 31 heavy (non-hydrogen) atoms. The maximum atomic E-state index is 12.9. The molecular weight excluding hydrogens is 414 g/mol. The fourth-order valence-electron chi connectivity index (χ4n) is 3.28. The third kappa shape index (κ3) is 5.92. The molecule has 0 aromatic heterocycles. The lowest BCUT2D eigenvalue weighted by Gasteiger charge is -2.34. The summed E-state index contributed by atoms with van der Waals surface area (Å²) in [6, 6.07) is 15.9. The number of sulfonamides is 1. The van der Waals surface area contributed by atoms with E-state index in [4.69, 9.17) is 0 Å². The van der Waals surface area contributed by atoms with Crippen LogP contribution in [0.1, 0.15) is 36.7 Å². The van der Waals surface area contributed by atoms with Crippen molar-refractivity contribution in [1.29, 1.82) is 0 Å². The average Bonchev–Trinajstić information content (AvgIpc) is 2.73. The molecule has 2 aromatic rings. The van der Waals surface area contributed by atoms with Gasteiger partial charge in [0.05, 0.1) is 5.75 Å². The summed E-state index contributed by atoms with van der Waals surface area (Å²) >= 11 is 0. The molecule has 7 nitrogen and oxygen atoms in total. The number of carbonyl (C=O) groups is 2. The van der Waals surface area contributed by atoms with Gasteiger partial charge in [-0.3, -0.25) is 9.59 Å². The molecule has 166 valence electrons. The number of hydrogen-bond acceptors (Lipinski definition) is 4. The monoisotopic (exact) mass is 443 g/mol. The van der Waals surface area contributed by atoms with E-state index in [0.717, 1.165) is 5.56 Å². The van der Waals surface area contributed by atoms with Gasteiger partial charge in [0.15, 0.2) is 0 Å². The van der Waals surface area contributed by atoms with Crippen molar-refractivity contribution >= 4 is 27.5 Å². The van der Waals surface area contributed by atoms with Crippen LogP contribution < -0.4 is 5.32 Å². The van der Waals surface area contributed by atoms with E-state index in [9.17, 15) is 18.0 Å². The lowest BCUT2D eigenvalue weighted by molar-refractivity contribution is -0.123. The summed E-state index contributed by atoms with van der Waals surface area (Å²) in [5.41, 5.74) is 1.24. The van der Waals surface area contributed by atoms with E-state index in [1.807, 2.05) is 39.0 Å². The summed E-state index contributed by atoms with van der Waals surface area (Å²) in [4.78, 5) is 26.8. The Balaban J connectivity index is 1.61. The number of nitrogens with zero attached hydrogens (tertiary/aromatic N) is 2. The fourth-order valence-corrected chi connectivity index (χ4v) is 4.79. The van der Waals surface area contributed by atoms with Crippen LogP contribution >= 0.6 is 0 Å². The maximum Gasteiger partial charge on any atom is 0.254 e. The standard InChI is InChI=1S/C23H29N3O4S/c1-23(2,3)22(28)24-20-11-7-10-19(16-20)21(27)25-12-14-26(15-13-25)31(29,30)17-18-8-5-4-6-9-18/h4-11,16H,12-15,17H2,1-3H3,(H,24,28). The Morgan fingerprint density at radius 2 is 1.58 bits per heavy atom. The molecule has 1 N–H and O–H groups in total. The highest BCUT2D eigenvalue weighted by molar-refractivity contribution is 7.88. The first-order valence-corrected chi connectivity index (χ1v) is 11.9. The first-order valence-electron chi connectivity index (χ1n) is 10.3. The van der Waals surface area contributed by atoms with Gasteiger partial charge < -0.3 is 10.2 Å². The van der Waals surface area contributed by atoms with Crippen LogP contribution in [0.25, 0.3) is 0 Å². The predicted molar refractivity (Wildman–Crippen MR) is 121 cm³/mol. The Labute approximate surface area is 184 Å². The van der Waals surface area contributed by atoms with Crippen LogP contribution in [0, 0.1) is 5.41 Å². The van der Waals surface area contributed by atoms with Crippen molar-refractivity contribution < 1.29 is 18.0 Å². The van der Waals surface area contributed by atoms with Crippen LogP contribution in [0.5, 0.6) is 0 Å². The number of rotatable bonds is 5. The molecule has 1 heterocycles. The zero-order chi connectivity index (χ0) is 22.6. The fraction of sp³-hybridized carbons (Fsp3) is 0.391. The molecule has 2 amide bonds. The van der Waals surface area contributed by atoms with E-state index < -0.39 is 15.4 Å². The lowest BCUT2D eigenvalue weighted by atomic mass is 9.95. The second-order valence-corrected chi connectivity index (χ2v) is 10.7. The van der Waals surface area contributed by atoms with Crippen molar-refractivity contribution in [3.63, 3.8) is 0 Å². The third-order valence-corrected chi connectivity index (χ3v) is 7.01. The quantitative estimate of drug-likeness (QED) is 0.770. The zero-order valence-electron chi connectivity index (χ0n) is 18.2. The smallest absolute Gasteiger partial charge is 0.254 e. The van der Waals surface area contributed by atoms with Gasteiger partial charge in [0.1, 0.15) is 0 Å². The third-order valence-electron chi connectivity index (χ3n) is 5.16. The Bertz CT molecular complexity index is 1040. The van der Waals surface area contributed by atoms with Crippen LogP contribution in [0.15, 0.2) is 54.6 Å². The SMILES string of the molecule is CC(C)(C)C(=O)Nc1cccc(C(=O)N2CCN(S(=O)(=O)Cc3ccccc3)CC2)c1. The van der Waals surface area contributed by atoms with Gasteiger partial charge in [-0.05, 0) is 23.8 Å². The van der Waals surface area contributed by atoms with E-state index >= 15 is 0 Å². The second-order valence-electron chi connectivity index (χ2n) is 8.72. The van der Waals surface area contributed by atoms with E-state index in [-0.39, 0.29) is 30.7 Å². The molecule has 0 saturated carbocycles. The van der Waals surface area contributed by atoms with Crippen LogP contribution in [0.2, 0.25) is 0 Å². The van der Waals surface area contributed by atoms with Crippen molar-refractivity contribution in [3.05, 3.63) is 65.7 Å². The van der Waals surface area contributed by atoms with Gasteiger partial charge in [-0.15, -0.1) is 0 Å². The average molecular weight is 444 g/mol. The van der Waals surface area contributed by atoms with Gasteiger partial charge in [-0.2, -0.15) is 4.31 Å². The van der Waals surface area contributed by atoms with Crippen LogP contribution in [0.4, 0.5) is 5.69 Å². The Hall–Kier alpha value is -2.71. The summed E-state index contributed by atoms with van der Waals surface area (Å²) in [5, 5.41) is 2.83.